The van der Waals surface area contributed by atoms with E-state index in [9.17, 15) is 14.0 Å². The van der Waals surface area contributed by atoms with Gasteiger partial charge in [0.1, 0.15) is 32.0 Å². The van der Waals surface area contributed by atoms with Crippen molar-refractivity contribution in [1.29, 1.82) is 0 Å². The summed E-state index contributed by atoms with van der Waals surface area (Å²) < 4.78 is 12.9. The number of aryl methyl sites for hydroxylation is 1. The van der Waals surface area contributed by atoms with Crippen molar-refractivity contribution < 1.29 is 23.8 Å². The van der Waals surface area contributed by atoms with Crippen LogP contribution in [0.4, 0.5) is 10.1 Å². The Kier molecular flexibility index (Phi) is 8.35. The van der Waals surface area contributed by atoms with Crippen LogP contribution in [-0.4, -0.2) is 57.6 Å². The quantitative estimate of drug-likeness (QED) is 0.410. The molecule has 0 bridgehead atoms. The maximum atomic E-state index is 12.9. The number of nitrogens with one attached hydrogen (secondary N) is 4. The van der Waals surface area contributed by atoms with Crippen molar-refractivity contribution >= 4 is 17.5 Å². The fraction of sp³-hybridized carbons (Fsp3) is 0.391. The first-order valence-corrected chi connectivity index (χ1v) is 10.6. The highest BCUT2D eigenvalue weighted by Gasteiger charge is 2.26. The van der Waals surface area contributed by atoms with Crippen molar-refractivity contribution in [2.75, 3.05) is 51.1 Å². The van der Waals surface area contributed by atoms with Crippen molar-refractivity contribution in [2.24, 2.45) is 0 Å². The molecular formula is C23H31FN4O2+2. The molecule has 0 aromatic heterocycles. The molecule has 0 atom stereocenters. The molecule has 1 fully saturated rings. The molecule has 2 aromatic carbocycles. The van der Waals surface area contributed by atoms with Gasteiger partial charge in [0.2, 0.25) is 0 Å². The summed E-state index contributed by atoms with van der Waals surface area (Å²) in [7, 11) is 0. The second-order valence-electron chi connectivity index (χ2n) is 7.85. The molecule has 3 rings (SSSR count). The van der Waals surface area contributed by atoms with E-state index < -0.39 is 0 Å². The van der Waals surface area contributed by atoms with Gasteiger partial charge in [-0.25, -0.2) is 4.39 Å². The van der Waals surface area contributed by atoms with Gasteiger partial charge in [-0.3, -0.25) is 9.59 Å². The first-order valence-electron chi connectivity index (χ1n) is 10.6. The van der Waals surface area contributed by atoms with Crippen molar-refractivity contribution in [1.82, 2.24) is 5.32 Å². The Morgan fingerprint density at radius 2 is 1.43 bits per heavy atom. The van der Waals surface area contributed by atoms with Crippen LogP contribution in [0.1, 0.15) is 12.0 Å². The van der Waals surface area contributed by atoms with E-state index in [-0.39, 0.29) is 17.6 Å². The Bertz CT molecular complexity index is 806. The molecule has 1 aliphatic heterocycles. The fourth-order valence-electron chi connectivity index (χ4n) is 3.73. The molecule has 7 heteroatoms. The van der Waals surface area contributed by atoms with Gasteiger partial charge in [-0.1, -0.05) is 30.3 Å². The molecule has 0 aliphatic carbocycles. The van der Waals surface area contributed by atoms with E-state index >= 15 is 0 Å². The highest BCUT2D eigenvalue weighted by atomic mass is 19.1. The monoisotopic (exact) mass is 414 g/mol. The van der Waals surface area contributed by atoms with Crippen molar-refractivity contribution in [3.05, 3.63) is 66.0 Å². The number of hydrogen-bond donors (Lipinski definition) is 4. The van der Waals surface area contributed by atoms with Crippen LogP contribution >= 0.6 is 0 Å². The van der Waals surface area contributed by atoms with Crippen LogP contribution in [0.2, 0.25) is 0 Å². The van der Waals surface area contributed by atoms with E-state index in [1.807, 2.05) is 18.2 Å². The summed E-state index contributed by atoms with van der Waals surface area (Å²) in [4.78, 5) is 26.8. The zero-order valence-corrected chi connectivity index (χ0v) is 17.3. The van der Waals surface area contributed by atoms with Crippen molar-refractivity contribution in [2.45, 2.75) is 12.8 Å². The van der Waals surface area contributed by atoms with E-state index in [1.165, 1.54) is 27.5 Å². The van der Waals surface area contributed by atoms with Crippen LogP contribution in [-0.2, 0) is 16.0 Å². The Morgan fingerprint density at radius 3 is 2.07 bits per heavy atom. The lowest BCUT2D eigenvalue weighted by Gasteiger charge is -2.28. The van der Waals surface area contributed by atoms with E-state index in [4.69, 9.17) is 0 Å². The van der Waals surface area contributed by atoms with Crippen molar-refractivity contribution in [3.8, 4) is 0 Å². The molecule has 6 nitrogen and oxygen atoms in total. The van der Waals surface area contributed by atoms with Crippen LogP contribution in [0.3, 0.4) is 0 Å². The van der Waals surface area contributed by atoms with Gasteiger partial charge in [-0.15, -0.1) is 0 Å². The smallest absolute Gasteiger partial charge is 0.279 e. The lowest BCUT2D eigenvalue weighted by atomic mass is 10.1. The van der Waals surface area contributed by atoms with E-state index in [2.05, 4.69) is 22.8 Å². The first-order chi connectivity index (χ1) is 14.6. The molecule has 1 saturated heterocycles. The Hall–Kier alpha value is -2.77. The Labute approximate surface area is 177 Å². The van der Waals surface area contributed by atoms with Gasteiger partial charge in [0, 0.05) is 12.2 Å². The van der Waals surface area contributed by atoms with Gasteiger partial charge in [-0.05, 0) is 42.7 Å². The number of halogens is 1. The summed E-state index contributed by atoms with van der Waals surface area (Å²) in [6, 6.07) is 16.1. The minimum Gasteiger partial charge on any atom is -0.351 e. The zero-order valence-electron chi connectivity index (χ0n) is 17.3. The molecule has 2 aromatic rings. The predicted octanol–water partition coefficient (Wildman–Crippen LogP) is -0.703. The lowest BCUT2D eigenvalue weighted by molar-refractivity contribution is -1.00. The maximum Gasteiger partial charge on any atom is 0.279 e. The summed E-state index contributed by atoms with van der Waals surface area (Å²) >= 11 is 0. The van der Waals surface area contributed by atoms with Crippen LogP contribution in [0, 0.1) is 5.82 Å². The standard InChI is InChI=1S/C23H29FN4O2/c24-20-8-10-21(11-9-20)26-23(30)18-28-15-13-27(14-16-28)17-22(29)25-12-4-7-19-5-2-1-3-6-19/h1-3,5-6,8-11H,4,7,12-18H2,(H,25,29)(H,26,30)/p+2. The second-order valence-corrected chi connectivity index (χ2v) is 7.85. The molecule has 160 valence electrons. The van der Waals surface area contributed by atoms with Crippen LogP contribution in [0.5, 0.6) is 0 Å². The summed E-state index contributed by atoms with van der Waals surface area (Å²) in [5.41, 5.74) is 1.90. The third-order valence-corrected chi connectivity index (χ3v) is 5.42. The number of hydrogen-bond acceptors (Lipinski definition) is 2. The lowest BCUT2D eigenvalue weighted by Crippen LogP contribution is -3.28. The van der Waals surface area contributed by atoms with Gasteiger partial charge in [0.25, 0.3) is 11.8 Å². The second kappa shape index (κ2) is 11.4. The third kappa shape index (κ3) is 7.57. The number of benzene rings is 2. The fourth-order valence-corrected chi connectivity index (χ4v) is 3.73. The number of amides is 2. The summed E-state index contributed by atoms with van der Waals surface area (Å²) in [5.74, 6) is -0.301. The zero-order chi connectivity index (χ0) is 21.2. The highest BCUT2D eigenvalue weighted by Crippen LogP contribution is 2.07. The minimum absolute atomic E-state index is 0.0729. The summed E-state index contributed by atoms with van der Waals surface area (Å²) in [5, 5.41) is 5.82. The normalized spacial score (nSPS) is 18.6. The molecular weight excluding hydrogens is 383 g/mol. The van der Waals surface area contributed by atoms with Crippen molar-refractivity contribution in [3.63, 3.8) is 0 Å². The number of carbonyl (C=O) groups is 2. The molecule has 0 radical (unpaired) electrons. The average molecular weight is 415 g/mol. The van der Waals surface area contributed by atoms with Crippen LogP contribution < -0.4 is 20.4 Å². The van der Waals surface area contributed by atoms with Crippen LogP contribution in [0.25, 0.3) is 0 Å². The molecule has 0 spiro atoms. The molecule has 0 unspecified atom stereocenters. The number of rotatable bonds is 9. The number of anilines is 1. The van der Waals surface area contributed by atoms with Crippen LogP contribution in [0.15, 0.2) is 54.6 Å². The molecule has 1 aliphatic rings. The van der Waals surface area contributed by atoms with E-state index in [0.29, 0.717) is 25.3 Å². The topological polar surface area (TPSA) is 67.1 Å². The van der Waals surface area contributed by atoms with Gasteiger partial charge >= 0.3 is 0 Å². The number of piperazine rings is 1. The van der Waals surface area contributed by atoms with E-state index in [0.717, 1.165) is 39.0 Å². The van der Waals surface area contributed by atoms with Gasteiger partial charge in [-0.2, -0.15) is 0 Å². The highest BCUT2D eigenvalue weighted by molar-refractivity contribution is 5.91. The molecule has 1 heterocycles. The molecule has 2 amide bonds. The number of carbonyl (C=O) groups excluding carboxylic acids is 2. The van der Waals surface area contributed by atoms with Gasteiger partial charge in [0.15, 0.2) is 13.1 Å². The first kappa shape index (κ1) is 21.9. The summed E-state index contributed by atoms with van der Waals surface area (Å²) in [6.45, 7) is 5.02. The third-order valence-electron chi connectivity index (χ3n) is 5.42. The van der Waals surface area contributed by atoms with Gasteiger partial charge < -0.3 is 20.4 Å². The predicted molar refractivity (Wildman–Crippen MR) is 114 cm³/mol. The maximum absolute atomic E-state index is 12.9. The largest absolute Gasteiger partial charge is 0.351 e. The summed E-state index contributed by atoms with van der Waals surface area (Å²) in [6.07, 6.45) is 1.90. The van der Waals surface area contributed by atoms with Gasteiger partial charge in [0.05, 0.1) is 0 Å². The van der Waals surface area contributed by atoms with E-state index in [1.54, 1.807) is 12.1 Å². The molecule has 30 heavy (non-hydrogen) atoms. The SMILES string of the molecule is O=C(C[NH+]1CC[NH+](CC(=O)Nc2ccc(F)cc2)CC1)NCCCc1ccccc1. The molecule has 0 saturated carbocycles. The average Bonchev–Trinajstić information content (AvgIpc) is 2.75. The number of quaternary nitrogens is 2. The minimum atomic E-state index is -0.321. The molecule has 4 N–H and O–H groups in total. The Morgan fingerprint density at radius 1 is 0.833 bits per heavy atom. The Balaban J connectivity index is 1.27.